The Bertz CT molecular complexity index is 390. The fourth-order valence-corrected chi connectivity index (χ4v) is 1.06. The van der Waals surface area contributed by atoms with Crippen molar-refractivity contribution in [2.24, 2.45) is 7.05 Å². The molecule has 0 unspecified atom stereocenters. The normalized spacial score (nSPS) is 10.6. The van der Waals surface area contributed by atoms with Crippen molar-refractivity contribution in [3.05, 3.63) is 18.2 Å². The predicted octanol–water partition coefficient (Wildman–Crippen LogP) is 0.550. The number of anilines is 1. The summed E-state index contributed by atoms with van der Waals surface area (Å²) in [4.78, 5) is 0. The van der Waals surface area contributed by atoms with Crippen LogP contribution in [-0.4, -0.2) is 15.0 Å². The molecule has 4 heteroatoms. The van der Waals surface area contributed by atoms with Gasteiger partial charge in [-0.3, -0.25) is 0 Å². The molecule has 1 aromatic carbocycles. The van der Waals surface area contributed by atoms with Crippen LogP contribution in [0, 0.1) is 0 Å². The molecule has 0 aliphatic carbocycles. The number of hydrogen-bond acceptors (Lipinski definition) is 3. The van der Waals surface area contributed by atoms with Gasteiger partial charge < -0.3 is 5.73 Å². The van der Waals surface area contributed by atoms with Gasteiger partial charge in [-0.15, -0.1) is 5.10 Å². The molecule has 2 N–H and O–H groups in total. The Labute approximate surface area is 63.6 Å². The minimum atomic E-state index is 0.720. The fourth-order valence-electron chi connectivity index (χ4n) is 1.06. The van der Waals surface area contributed by atoms with Crippen LogP contribution in [-0.2, 0) is 7.05 Å². The second-order valence-electron chi connectivity index (χ2n) is 2.46. The number of fused-ring (bicyclic) bond motifs is 1. The maximum absolute atomic E-state index is 5.56. The second-order valence-corrected chi connectivity index (χ2v) is 2.46. The van der Waals surface area contributed by atoms with Crippen LogP contribution in [0.3, 0.4) is 0 Å². The zero-order valence-corrected chi connectivity index (χ0v) is 6.15. The number of benzene rings is 1. The fraction of sp³-hybridized carbons (Fsp3) is 0.143. The van der Waals surface area contributed by atoms with E-state index < -0.39 is 0 Å². The third-order valence-electron chi connectivity index (χ3n) is 1.63. The van der Waals surface area contributed by atoms with Gasteiger partial charge in [-0.2, -0.15) is 0 Å². The summed E-state index contributed by atoms with van der Waals surface area (Å²) < 4.78 is 1.72. The third kappa shape index (κ3) is 0.832. The average molecular weight is 148 g/mol. The maximum Gasteiger partial charge on any atom is 0.115 e. The van der Waals surface area contributed by atoms with Crippen LogP contribution in [0.1, 0.15) is 0 Å². The molecule has 0 fully saturated rings. The van der Waals surface area contributed by atoms with E-state index in [9.17, 15) is 0 Å². The van der Waals surface area contributed by atoms with Crippen LogP contribution in [0.2, 0.25) is 0 Å². The summed E-state index contributed by atoms with van der Waals surface area (Å²) in [6.07, 6.45) is 0. The molecule has 0 aliphatic rings. The molecule has 0 saturated carbocycles. The SMILES string of the molecule is Cn1nnc2cc(N)ccc21. The Hall–Kier alpha value is -1.58. The van der Waals surface area contributed by atoms with Crippen LogP contribution in [0.15, 0.2) is 18.2 Å². The third-order valence-corrected chi connectivity index (χ3v) is 1.63. The number of nitrogen functional groups attached to an aromatic ring is 1. The van der Waals surface area contributed by atoms with E-state index in [1.807, 2.05) is 25.2 Å². The standard InChI is InChI=1S/C7H8N4/c1-11-7-3-2-5(8)4-6(7)9-10-11/h2-4H,8H2,1H3. The maximum atomic E-state index is 5.56. The van der Waals surface area contributed by atoms with Gasteiger partial charge in [-0.1, -0.05) is 5.21 Å². The van der Waals surface area contributed by atoms with Gasteiger partial charge in [-0.05, 0) is 18.2 Å². The van der Waals surface area contributed by atoms with Gasteiger partial charge in [0.05, 0.1) is 5.52 Å². The highest BCUT2D eigenvalue weighted by Gasteiger charge is 1.98. The number of hydrogen-bond donors (Lipinski definition) is 1. The van der Waals surface area contributed by atoms with E-state index >= 15 is 0 Å². The van der Waals surface area contributed by atoms with Gasteiger partial charge in [0.2, 0.25) is 0 Å². The second kappa shape index (κ2) is 1.95. The summed E-state index contributed by atoms with van der Waals surface area (Å²) in [5.41, 5.74) is 8.12. The van der Waals surface area contributed by atoms with Crippen molar-refractivity contribution in [3.8, 4) is 0 Å². The molecule has 0 spiro atoms. The van der Waals surface area contributed by atoms with E-state index in [4.69, 9.17) is 5.73 Å². The molecule has 11 heavy (non-hydrogen) atoms. The molecule has 0 radical (unpaired) electrons. The summed E-state index contributed by atoms with van der Waals surface area (Å²) in [6.45, 7) is 0. The minimum absolute atomic E-state index is 0.720. The van der Waals surface area contributed by atoms with E-state index in [2.05, 4.69) is 10.3 Å². The number of aryl methyl sites for hydroxylation is 1. The Morgan fingerprint density at radius 1 is 1.45 bits per heavy atom. The van der Waals surface area contributed by atoms with E-state index in [0.29, 0.717) is 0 Å². The first-order chi connectivity index (χ1) is 5.27. The Kier molecular flexibility index (Phi) is 1.09. The van der Waals surface area contributed by atoms with E-state index in [0.717, 1.165) is 16.7 Å². The first kappa shape index (κ1) is 6.15. The zero-order chi connectivity index (χ0) is 7.84. The largest absolute Gasteiger partial charge is 0.399 e. The molecule has 2 aromatic rings. The molecular weight excluding hydrogens is 140 g/mol. The lowest BCUT2D eigenvalue weighted by Crippen LogP contribution is -1.89. The summed E-state index contributed by atoms with van der Waals surface area (Å²) in [7, 11) is 1.85. The van der Waals surface area contributed by atoms with Gasteiger partial charge in [-0.25, -0.2) is 4.68 Å². The average Bonchev–Trinajstić information content (AvgIpc) is 2.32. The number of rotatable bonds is 0. The molecule has 0 aliphatic heterocycles. The predicted molar refractivity (Wildman–Crippen MR) is 42.9 cm³/mol. The van der Waals surface area contributed by atoms with Crippen LogP contribution in [0.25, 0.3) is 11.0 Å². The topological polar surface area (TPSA) is 56.7 Å². The van der Waals surface area contributed by atoms with Crippen molar-refractivity contribution in [2.45, 2.75) is 0 Å². The highest BCUT2D eigenvalue weighted by molar-refractivity contribution is 5.77. The van der Waals surface area contributed by atoms with E-state index in [1.165, 1.54) is 0 Å². The van der Waals surface area contributed by atoms with Crippen molar-refractivity contribution in [1.29, 1.82) is 0 Å². The zero-order valence-electron chi connectivity index (χ0n) is 6.15. The molecule has 1 aromatic heterocycles. The van der Waals surface area contributed by atoms with Gasteiger partial charge in [0, 0.05) is 12.7 Å². The first-order valence-corrected chi connectivity index (χ1v) is 3.32. The van der Waals surface area contributed by atoms with Crippen molar-refractivity contribution in [3.63, 3.8) is 0 Å². The lowest BCUT2D eigenvalue weighted by atomic mass is 10.3. The summed E-state index contributed by atoms with van der Waals surface area (Å²) in [5.74, 6) is 0. The van der Waals surface area contributed by atoms with Gasteiger partial charge in [0.1, 0.15) is 5.52 Å². The minimum Gasteiger partial charge on any atom is -0.399 e. The van der Waals surface area contributed by atoms with Crippen molar-refractivity contribution in [1.82, 2.24) is 15.0 Å². The van der Waals surface area contributed by atoms with Gasteiger partial charge in [0.15, 0.2) is 0 Å². The lowest BCUT2D eigenvalue weighted by molar-refractivity contribution is 0.736. The smallest absolute Gasteiger partial charge is 0.115 e. The highest BCUT2D eigenvalue weighted by Crippen LogP contribution is 2.12. The molecular formula is C7H8N4. The van der Waals surface area contributed by atoms with Gasteiger partial charge >= 0.3 is 0 Å². The van der Waals surface area contributed by atoms with E-state index in [1.54, 1.807) is 4.68 Å². The van der Waals surface area contributed by atoms with Crippen molar-refractivity contribution < 1.29 is 0 Å². The summed E-state index contributed by atoms with van der Waals surface area (Å²) in [5, 5.41) is 7.76. The van der Waals surface area contributed by atoms with Crippen LogP contribution in [0.5, 0.6) is 0 Å². The Morgan fingerprint density at radius 2 is 2.27 bits per heavy atom. The Morgan fingerprint density at radius 3 is 3.09 bits per heavy atom. The number of nitrogens with two attached hydrogens (primary N) is 1. The molecule has 0 saturated heterocycles. The summed E-state index contributed by atoms with van der Waals surface area (Å²) in [6, 6.07) is 5.55. The first-order valence-electron chi connectivity index (χ1n) is 3.32. The molecule has 0 amide bonds. The van der Waals surface area contributed by atoms with Crippen molar-refractivity contribution in [2.75, 3.05) is 5.73 Å². The number of nitrogens with zero attached hydrogens (tertiary/aromatic N) is 3. The van der Waals surface area contributed by atoms with Crippen LogP contribution >= 0.6 is 0 Å². The van der Waals surface area contributed by atoms with Gasteiger partial charge in [0.25, 0.3) is 0 Å². The monoisotopic (exact) mass is 148 g/mol. The molecule has 0 atom stereocenters. The molecule has 4 nitrogen and oxygen atoms in total. The molecule has 56 valence electrons. The molecule has 2 rings (SSSR count). The van der Waals surface area contributed by atoms with E-state index in [-0.39, 0.29) is 0 Å². The van der Waals surface area contributed by atoms with Crippen molar-refractivity contribution >= 4 is 16.7 Å². The summed E-state index contributed by atoms with van der Waals surface area (Å²) >= 11 is 0. The Balaban J connectivity index is 2.86. The molecule has 1 heterocycles. The highest BCUT2D eigenvalue weighted by atomic mass is 15.4. The van der Waals surface area contributed by atoms with Crippen LogP contribution < -0.4 is 5.73 Å². The quantitative estimate of drug-likeness (QED) is 0.555. The molecule has 0 bridgehead atoms. The number of aromatic nitrogens is 3. The lowest BCUT2D eigenvalue weighted by Gasteiger charge is -1.92. The van der Waals surface area contributed by atoms with Crippen LogP contribution in [0.4, 0.5) is 5.69 Å².